The van der Waals surface area contributed by atoms with E-state index in [1.165, 1.54) is 0 Å². The van der Waals surface area contributed by atoms with Crippen LogP contribution < -0.4 is 20.7 Å². The van der Waals surface area contributed by atoms with Crippen molar-refractivity contribution < 1.29 is 19.1 Å². The topological polar surface area (TPSA) is 99.8 Å². The smallest absolute Gasteiger partial charge is 0.258 e. The predicted octanol–water partition coefficient (Wildman–Crippen LogP) is 0.0392. The monoisotopic (exact) mass is 388 g/mol. The Morgan fingerprint density at radius 1 is 1.21 bits per heavy atom. The third-order valence-corrected chi connectivity index (χ3v) is 5.18. The Labute approximate surface area is 165 Å². The minimum atomic E-state index is -0.476. The summed E-state index contributed by atoms with van der Waals surface area (Å²) in [5.41, 5.74) is 0. The summed E-state index contributed by atoms with van der Waals surface area (Å²) >= 11 is 0. The highest BCUT2D eigenvalue weighted by atomic mass is 16.5. The molecule has 1 aromatic carbocycles. The van der Waals surface area contributed by atoms with Crippen LogP contribution in [0.3, 0.4) is 0 Å². The number of carbonyl (C=O) groups is 3. The number of amides is 3. The van der Waals surface area contributed by atoms with Crippen LogP contribution in [0.4, 0.5) is 0 Å². The lowest BCUT2D eigenvalue weighted by molar-refractivity contribution is -0.131. The second-order valence-corrected chi connectivity index (χ2v) is 7.41. The van der Waals surface area contributed by atoms with E-state index in [0.717, 1.165) is 12.8 Å². The molecule has 2 aliphatic rings. The van der Waals surface area contributed by atoms with Gasteiger partial charge in [-0.1, -0.05) is 18.2 Å². The van der Waals surface area contributed by atoms with Gasteiger partial charge in [-0.05, 0) is 44.9 Å². The molecule has 3 rings (SSSR count). The van der Waals surface area contributed by atoms with Gasteiger partial charge in [0.1, 0.15) is 11.8 Å². The van der Waals surface area contributed by atoms with Crippen LogP contribution in [0.5, 0.6) is 5.75 Å². The van der Waals surface area contributed by atoms with Gasteiger partial charge in [0, 0.05) is 19.1 Å². The van der Waals surface area contributed by atoms with Gasteiger partial charge in [-0.25, -0.2) is 0 Å². The van der Waals surface area contributed by atoms with Gasteiger partial charge < -0.3 is 20.7 Å². The molecule has 2 aliphatic heterocycles. The van der Waals surface area contributed by atoms with Gasteiger partial charge in [-0.3, -0.25) is 19.3 Å². The largest absolute Gasteiger partial charge is 0.484 e. The van der Waals surface area contributed by atoms with E-state index in [4.69, 9.17) is 4.74 Å². The van der Waals surface area contributed by atoms with Crippen LogP contribution >= 0.6 is 0 Å². The van der Waals surface area contributed by atoms with Crippen molar-refractivity contribution >= 4 is 17.7 Å². The molecule has 2 heterocycles. The summed E-state index contributed by atoms with van der Waals surface area (Å²) in [7, 11) is 1.85. The summed E-state index contributed by atoms with van der Waals surface area (Å²) in [6.45, 7) is 1.17. The number of rotatable bonds is 6. The molecule has 2 fully saturated rings. The molecule has 0 bridgehead atoms. The molecule has 152 valence electrons. The number of benzene rings is 1. The summed E-state index contributed by atoms with van der Waals surface area (Å²) in [6, 6.07) is 8.18. The standard InChI is InChI=1S/C20H28N4O4/c1-24-12-14(22-18(25)13-28-15-7-3-2-4-8-15)11-17(24)20(27)23-16-9-5-6-10-21-19(16)26/h2-4,7-8,14,16-17H,5-6,9-13H2,1H3,(H,21,26)(H,22,25)(H,23,27)/t14-,16-,17-/m0/s1. The molecule has 0 unspecified atom stereocenters. The summed E-state index contributed by atoms with van der Waals surface area (Å²) in [5, 5.41) is 8.62. The van der Waals surface area contributed by atoms with Crippen LogP contribution in [0, 0.1) is 0 Å². The number of hydrogen-bond donors (Lipinski definition) is 3. The first-order valence-corrected chi connectivity index (χ1v) is 9.78. The van der Waals surface area contributed by atoms with Crippen molar-refractivity contribution in [1.29, 1.82) is 0 Å². The van der Waals surface area contributed by atoms with E-state index in [-0.39, 0.29) is 36.4 Å². The zero-order chi connectivity index (χ0) is 19.9. The van der Waals surface area contributed by atoms with Gasteiger partial charge in [-0.2, -0.15) is 0 Å². The van der Waals surface area contributed by atoms with Crippen LogP contribution in [0.1, 0.15) is 25.7 Å². The second-order valence-electron chi connectivity index (χ2n) is 7.41. The highest BCUT2D eigenvalue weighted by molar-refractivity contribution is 5.90. The molecule has 0 radical (unpaired) electrons. The van der Waals surface area contributed by atoms with Gasteiger partial charge in [-0.15, -0.1) is 0 Å². The Morgan fingerprint density at radius 3 is 2.79 bits per heavy atom. The van der Waals surface area contributed by atoms with E-state index < -0.39 is 6.04 Å². The normalized spacial score (nSPS) is 25.5. The fraction of sp³-hybridized carbons (Fsp3) is 0.550. The number of ether oxygens (including phenoxy) is 1. The quantitative estimate of drug-likeness (QED) is 0.639. The Morgan fingerprint density at radius 2 is 2.00 bits per heavy atom. The van der Waals surface area contributed by atoms with E-state index in [0.29, 0.717) is 31.7 Å². The first kappa shape index (κ1) is 20.1. The van der Waals surface area contributed by atoms with Gasteiger partial charge in [0.15, 0.2) is 6.61 Å². The number of para-hydroxylation sites is 1. The molecule has 3 amide bonds. The summed E-state index contributed by atoms with van der Waals surface area (Å²) in [6.07, 6.45) is 3.00. The van der Waals surface area contributed by atoms with Crippen molar-refractivity contribution in [1.82, 2.24) is 20.9 Å². The second kappa shape index (κ2) is 9.54. The average molecular weight is 388 g/mol. The van der Waals surface area contributed by atoms with Crippen LogP contribution in [-0.2, 0) is 14.4 Å². The fourth-order valence-corrected chi connectivity index (χ4v) is 3.69. The molecule has 3 N–H and O–H groups in total. The molecular weight excluding hydrogens is 360 g/mol. The number of carbonyl (C=O) groups excluding carboxylic acids is 3. The number of nitrogens with one attached hydrogen (secondary N) is 3. The SMILES string of the molecule is CN1C[C@@H](NC(=O)COc2ccccc2)C[C@H]1C(=O)N[C@H]1CCCCNC1=O. The highest BCUT2D eigenvalue weighted by Crippen LogP contribution is 2.17. The minimum Gasteiger partial charge on any atom is -0.484 e. The lowest BCUT2D eigenvalue weighted by Crippen LogP contribution is -2.50. The van der Waals surface area contributed by atoms with Gasteiger partial charge >= 0.3 is 0 Å². The van der Waals surface area contributed by atoms with E-state index in [1.54, 1.807) is 12.1 Å². The molecule has 0 saturated carbocycles. The van der Waals surface area contributed by atoms with E-state index in [1.807, 2.05) is 30.1 Å². The van der Waals surface area contributed by atoms with Crippen LogP contribution in [0.15, 0.2) is 30.3 Å². The van der Waals surface area contributed by atoms with Crippen LogP contribution in [0.25, 0.3) is 0 Å². The van der Waals surface area contributed by atoms with Crippen LogP contribution in [-0.4, -0.2) is 67.5 Å². The molecule has 3 atom stereocenters. The van der Waals surface area contributed by atoms with Crippen LogP contribution in [0.2, 0.25) is 0 Å². The van der Waals surface area contributed by atoms with Crippen molar-refractivity contribution in [3.8, 4) is 5.75 Å². The first-order valence-electron chi connectivity index (χ1n) is 9.78. The summed E-state index contributed by atoms with van der Waals surface area (Å²) < 4.78 is 5.45. The van der Waals surface area contributed by atoms with Gasteiger partial charge in [0.25, 0.3) is 5.91 Å². The van der Waals surface area contributed by atoms with Crippen molar-refractivity contribution in [2.45, 2.75) is 43.8 Å². The lowest BCUT2D eigenvalue weighted by Gasteiger charge is -2.22. The number of hydrogen-bond acceptors (Lipinski definition) is 5. The summed E-state index contributed by atoms with van der Waals surface area (Å²) in [4.78, 5) is 38.7. The Kier molecular flexibility index (Phi) is 6.86. The zero-order valence-corrected chi connectivity index (χ0v) is 16.1. The zero-order valence-electron chi connectivity index (χ0n) is 16.1. The Hall–Kier alpha value is -2.61. The van der Waals surface area contributed by atoms with E-state index >= 15 is 0 Å². The van der Waals surface area contributed by atoms with Crippen molar-refractivity contribution in [2.75, 3.05) is 26.7 Å². The molecule has 2 saturated heterocycles. The predicted molar refractivity (Wildman–Crippen MR) is 104 cm³/mol. The van der Waals surface area contributed by atoms with E-state index in [2.05, 4.69) is 16.0 Å². The Bertz CT molecular complexity index is 697. The summed E-state index contributed by atoms with van der Waals surface area (Å²) in [5.74, 6) is 0.142. The maximum absolute atomic E-state index is 12.7. The van der Waals surface area contributed by atoms with E-state index in [9.17, 15) is 14.4 Å². The van der Waals surface area contributed by atoms with Crippen molar-refractivity contribution in [3.05, 3.63) is 30.3 Å². The molecule has 8 heteroatoms. The molecule has 0 aliphatic carbocycles. The average Bonchev–Trinajstić information content (AvgIpc) is 2.93. The number of likely N-dealkylation sites (N-methyl/N-ethyl adjacent to an activating group) is 1. The minimum absolute atomic E-state index is 0.0661. The lowest BCUT2D eigenvalue weighted by atomic mass is 10.1. The number of likely N-dealkylation sites (tertiary alicyclic amines) is 1. The molecule has 8 nitrogen and oxygen atoms in total. The fourth-order valence-electron chi connectivity index (χ4n) is 3.69. The third kappa shape index (κ3) is 5.45. The number of nitrogens with zero attached hydrogens (tertiary/aromatic N) is 1. The molecule has 0 spiro atoms. The Balaban J connectivity index is 1.46. The molecular formula is C20H28N4O4. The first-order chi connectivity index (χ1) is 13.5. The molecule has 0 aromatic heterocycles. The maximum atomic E-state index is 12.7. The van der Waals surface area contributed by atoms with Gasteiger partial charge in [0.05, 0.1) is 6.04 Å². The third-order valence-electron chi connectivity index (χ3n) is 5.18. The van der Waals surface area contributed by atoms with Gasteiger partial charge in [0.2, 0.25) is 11.8 Å². The molecule has 28 heavy (non-hydrogen) atoms. The van der Waals surface area contributed by atoms with Crippen molar-refractivity contribution in [2.24, 2.45) is 0 Å². The molecule has 1 aromatic rings. The van der Waals surface area contributed by atoms with Crippen molar-refractivity contribution in [3.63, 3.8) is 0 Å². The highest BCUT2D eigenvalue weighted by Gasteiger charge is 2.36. The maximum Gasteiger partial charge on any atom is 0.258 e.